The van der Waals surface area contributed by atoms with Gasteiger partial charge in [-0.15, -0.1) is 0 Å². The molecule has 1 rings (SSSR count). The van der Waals surface area contributed by atoms with E-state index < -0.39 is 12.0 Å². The first-order valence-corrected chi connectivity index (χ1v) is 3.74. The van der Waals surface area contributed by atoms with Crippen LogP contribution in [0, 0.1) is 0 Å². The van der Waals surface area contributed by atoms with Crippen LogP contribution in [-0.4, -0.2) is 10.1 Å². The first-order chi connectivity index (χ1) is 5.52. The molecule has 1 aromatic heterocycles. The number of nitrogens with zero attached hydrogens (tertiary/aromatic N) is 1. The molecule has 3 N–H and O–H groups in total. The molecule has 0 amide bonds. The van der Waals surface area contributed by atoms with Crippen LogP contribution < -0.4 is 5.73 Å². The molecule has 3 nitrogen and oxygen atoms in total. The molecule has 1 heterocycles. The highest BCUT2D eigenvalue weighted by Gasteiger charge is 2.14. The van der Waals surface area contributed by atoms with E-state index in [4.69, 9.17) is 10.8 Å². The summed E-state index contributed by atoms with van der Waals surface area (Å²) in [7, 11) is 0. The Morgan fingerprint density at radius 1 is 1.58 bits per heavy atom. The van der Waals surface area contributed by atoms with Crippen LogP contribution in [0.15, 0.2) is 10.7 Å². The number of anilines is 1. The molecule has 0 saturated carbocycles. The van der Waals surface area contributed by atoms with Gasteiger partial charge in [0.15, 0.2) is 0 Å². The van der Waals surface area contributed by atoms with Gasteiger partial charge in [0.1, 0.15) is 16.2 Å². The van der Waals surface area contributed by atoms with Crippen molar-refractivity contribution in [1.82, 2.24) is 4.98 Å². The summed E-state index contributed by atoms with van der Waals surface area (Å²) in [5, 5.41) is 8.98. The molecule has 6 heteroatoms. The van der Waals surface area contributed by atoms with Crippen molar-refractivity contribution in [3.05, 3.63) is 16.2 Å². The Bertz CT molecular complexity index is 306. The standard InChI is InChI=1S/C6H5BrF2N2O/c7-4-3(12)1-2(5(8)9)6(10)11-4/h1,5,12H,(H2,10,11). The maximum absolute atomic E-state index is 12.1. The van der Waals surface area contributed by atoms with E-state index in [-0.39, 0.29) is 16.2 Å². The zero-order valence-electron chi connectivity index (χ0n) is 5.76. The number of aromatic hydroxyl groups is 1. The van der Waals surface area contributed by atoms with Crippen molar-refractivity contribution in [1.29, 1.82) is 0 Å². The largest absolute Gasteiger partial charge is 0.505 e. The molecule has 0 bridgehead atoms. The van der Waals surface area contributed by atoms with Crippen molar-refractivity contribution in [2.24, 2.45) is 0 Å². The minimum Gasteiger partial charge on any atom is -0.505 e. The number of hydrogen-bond donors (Lipinski definition) is 2. The number of nitrogens with two attached hydrogens (primary N) is 1. The Kier molecular flexibility index (Phi) is 2.46. The molecule has 0 saturated heterocycles. The fraction of sp³-hybridized carbons (Fsp3) is 0.167. The predicted octanol–water partition coefficient (Wildman–Crippen LogP) is 2.07. The van der Waals surface area contributed by atoms with Crippen LogP contribution in [0.3, 0.4) is 0 Å². The third kappa shape index (κ3) is 1.63. The summed E-state index contributed by atoms with van der Waals surface area (Å²) in [6.07, 6.45) is -2.73. The summed E-state index contributed by atoms with van der Waals surface area (Å²) in [5.74, 6) is -0.630. The number of rotatable bonds is 1. The lowest BCUT2D eigenvalue weighted by atomic mass is 10.2. The molecular formula is C6H5BrF2N2O. The van der Waals surface area contributed by atoms with Gasteiger partial charge in [-0.05, 0) is 22.0 Å². The zero-order chi connectivity index (χ0) is 9.30. The van der Waals surface area contributed by atoms with E-state index in [9.17, 15) is 8.78 Å². The van der Waals surface area contributed by atoms with Gasteiger partial charge in [-0.3, -0.25) is 0 Å². The van der Waals surface area contributed by atoms with E-state index in [1.807, 2.05) is 0 Å². The molecule has 0 fully saturated rings. The van der Waals surface area contributed by atoms with Crippen LogP contribution in [0.25, 0.3) is 0 Å². The molecule has 1 aromatic rings. The van der Waals surface area contributed by atoms with Crippen molar-refractivity contribution in [3.8, 4) is 5.75 Å². The second-order valence-corrected chi connectivity index (χ2v) is 2.82. The third-order valence-corrected chi connectivity index (χ3v) is 1.84. The lowest BCUT2D eigenvalue weighted by Gasteiger charge is -2.04. The number of hydrogen-bond acceptors (Lipinski definition) is 3. The van der Waals surface area contributed by atoms with Crippen molar-refractivity contribution in [2.45, 2.75) is 6.43 Å². The summed E-state index contributed by atoms with van der Waals surface area (Å²) in [6, 6.07) is 0.886. The minimum absolute atomic E-state index is 0.0596. The minimum atomic E-state index is -2.73. The van der Waals surface area contributed by atoms with E-state index >= 15 is 0 Å². The monoisotopic (exact) mass is 238 g/mol. The molecule has 66 valence electrons. The summed E-state index contributed by atoms with van der Waals surface area (Å²) < 4.78 is 24.2. The molecule has 0 spiro atoms. The smallest absolute Gasteiger partial charge is 0.267 e. The number of halogens is 3. The molecule has 0 atom stereocenters. The van der Waals surface area contributed by atoms with Gasteiger partial charge in [0, 0.05) is 0 Å². The van der Waals surface area contributed by atoms with Gasteiger partial charge in [0.05, 0.1) is 5.56 Å². The van der Waals surface area contributed by atoms with Crippen molar-refractivity contribution in [3.63, 3.8) is 0 Å². The van der Waals surface area contributed by atoms with Crippen LogP contribution in [-0.2, 0) is 0 Å². The number of pyridine rings is 1. The third-order valence-electron chi connectivity index (χ3n) is 1.25. The zero-order valence-corrected chi connectivity index (χ0v) is 7.35. The predicted molar refractivity (Wildman–Crippen MR) is 43.0 cm³/mol. The van der Waals surface area contributed by atoms with Crippen LogP contribution in [0.2, 0.25) is 0 Å². The first-order valence-electron chi connectivity index (χ1n) is 2.95. The van der Waals surface area contributed by atoms with Crippen molar-refractivity contribution in [2.75, 3.05) is 5.73 Å². The van der Waals surface area contributed by atoms with E-state index in [0.717, 1.165) is 6.07 Å². The van der Waals surface area contributed by atoms with Gasteiger partial charge in [0.25, 0.3) is 6.43 Å². The average Bonchev–Trinajstić information content (AvgIpc) is 1.96. The van der Waals surface area contributed by atoms with Crippen molar-refractivity contribution >= 4 is 21.7 Å². The SMILES string of the molecule is Nc1nc(Br)c(O)cc1C(F)F. The lowest BCUT2D eigenvalue weighted by Crippen LogP contribution is -1.98. The lowest BCUT2D eigenvalue weighted by molar-refractivity contribution is 0.151. The van der Waals surface area contributed by atoms with Gasteiger partial charge in [-0.25, -0.2) is 13.8 Å². The topological polar surface area (TPSA) is 59.1 Å². The van der Waals surface area contributed by atoms with E-state index in [1.54, 1.807) is 0 Å². The quantitative estimate of drug-likeness (QED) is 0.737. The maximum atomic E-state index is 12.1. The van der Waals surface area contributed by atoms with E-state index in [0.29, 0.717) is 0 Å². The summed E-state index contributed by atoms with van der Waals surface area (Å²) >= 11 is 2.84. The van der Waals surface area contributed by atoms with E-state index in [1.165, 1.54) is 0 Å². The molecule has 12 heavy (non-hydrogen) atoms. The van der Waals surface area contributed by atoms with Crippen LogP contribution in [0.5, 0.6) is 5.75 Å². The van der Waals surface area contributed by atoms with Gasteiger partial charge in [-0.2, -0.15) is 0 Å². The Morgan fingerprint density at radius 2 is 2.17 bits per heavy atom. The molecule has 0 aliphatic rings. The van der Waals surface area contributed by atoms with Gasteiger partial charge in [-0.1, -0.05) is 0 Å². The molecule has 0 unspecified atom stereocenters. The van der Waals surface area contributed by atoms with Crippen molar-refractivity contribution < 1.29 is 13.9 Å². The summed E-state index contributed by atoms with van der Waals surface area (Å²) in [6.45, 7) is 0. The second-order valence-electron chi connectivity index (χ2n) is 2.07. The normalized spacial score (nSPS) is 10.7. The Morgan fingerprint density at radius 3 is 2.67 bits per heavy atom. The van der Waals surface area contributed by atoms with E-state index in [2.05, 4.69) is 20.9 Å². The molecule has 0 aliphatic carbocycles. The fourth-order valence-electron chi connectivity index (χ4n) is 0.683. The van der Waals surface area contributed by atoms with Crippen LogP contribution in [0.1, 0.15) is 12.0 Å². The Hall–Kier alpha value is -0.910. The highest BCUT2D eigenvalue weighted by molar-refractivity contribution is 9.10. The highest BCUT2D eigenvalue weighted by Crippen LogP contribution is 2.31. The van der Waals surface area contributed by atoms with Crippen LogP contribution in [0.4, 0.5) is 14.6 Å². The number of alkyl halides is 2. The average molecular weight is 239 g/mol. The molecular weight excluding hydrogens is 234 g/mol. The number of nitrogen functional groups attached to an aromatic ring is 1. The van der Waals surface area contributed by atoms with Gasteiger partial charge in [0.2, 0.25) is 0 Å². The highest BCUT2D eigenvalue weighted by atomic mass is 79.9. The second kappa shape index (κ2) is 3.22. The Balaban J connectivity index is 3.23. The number of aromatic nitrogens is 1. The van der Waals surface area contributed by atoms with Gasteiger partial charge < -0.3 is 10.8 Å². The summed E-state index contributed by atoms with van der Waals surface area (Å²) in [4.78, 5) is 3.46. The molecule has 0 aromatic carbocycles. The molecule has 0 radical (unpaired) electrons. The fourth-order valence-corrected chi connectivity index (χ4v) is 0.989. The van der Waals surface area contributed by atoms with Crippen LogP contribution >= 0.6 is 15.9 Å². The van der Waals surface area contributed by atoms with Gasteiger partial charge >= 0.3 is 0 Å². The first kappa shape index (κ1) is 9.18. The summed E-state index contributed by atoms with van der Waals surface area (Å²) in [5.41, 5.74) is 4.70. The maximum Gasteiger partial charge on any atom is 0.267 e. The molecule has 0 aliphatic heterocycles. The Labute approximate surface area is 75.3 Å².